The molecule has 2 N–H and O–H groups in total. The third kappa shape index (κ3) is 3.60. The first-order valence-corrected chi connectivity index (χ1v) is 4.85. The average Bonchev–Trinajstić information content (AvgIpc) is 2.09. The second kappa shape index (κ2) is 5.54. The number of aliphatic hydroxyl groups excluding tert-OH is 1. The van der Waals surface area contributed by atoms with Gasteiger partial charge in [0.25, 0.3) is 0 Å². The Hall–Kier alpha value is -0.160. The first-order valence-electron chi connectivity index (χ1n) is 4.85. The minimum Gasteiger partial charge on any atom is -0.389 e. The van der Waals surface area contributed by atoms with Gasteiger partial charge in [0.05, 0.1) is 12.7 Å². The average molecular weight is 188 g/mol. The summed E-state index contributed by atoms with van der Waals surface area (Å²) in [6, 6.07) is 0.514. The molecule has 2 atom stereocenters. The molecule has 1 unspecified atom stereocenters. The van der Waals surface area contributed by atoms with Crippen molar-refractivity contribution < 1.29 is 9.84 Å². The van der Waals surface area contributed by atoms with Gasteiger partial charge in [0.15, 0.2) is 0 Å². The summed E-state index contributed by atoms with van der Waals surface area (Å²) in [5, 5.41) is 12.8. The first-order chi connectivity index (χ1) is 6.24. The van der Waals surface area contributed by atoms with Crippen LogP contribution in [0.1, 0.15) is 6.92 Å². The van der Waals surface area contributed by atoms with E-state index in [9.17, 15) is 5.11 Å². The lowest BCUT2D eigenvalue weighted by Gasteiger charge is -2.35. The van der Waals surface area contributed by atoms with E-state index < -0.39 is 0 Å². The molecule has 4 heteroatoms. The van der Waals surface area contributed by atoms with Crippen LogP contribution in [0.25, 0.3) is 0 Å². The fourth-order valence-corrected chi connectivity index (χ4v) is 1.67. The summed E-state index contributed by atoms with van der Waals surface area (Å²) in [6.07, 6.45) is -0.356. The number of ether oxygens (including phenoxy) is 1. The van der Waals surface area contributed by atoms with Crippen LogP contribution in [0.4, 0.5) is 0 Å². The molecule has 0 aromatic heterocycles. The minimum atomic E-state index is -0.356. The van der Waals surface area contributed by atoms with Crippen molar-refractivity contribution >= 4 is 0 Å². The fraction of sp³-hybridized carbons (Fsp3) is 1.00. The lowest BCUT2D eigenvalue weighted by Crippen LogP contribution is -2.52. The predicted octanol–water partition coefficient (Wildman–Crippen LogP) is -0.713. The number of nitrogens with one attached hydrogen (secondary N) is 1. The van der Waals surface area contributed by atoms with E-state index in [0.717, 1.165) is 26.2 Å². The van der Waals surface area contributed by atoms with Gasteiger partial charge in [-0.05, 0) is 6.92 Å². The van der Waals surface area contributed by atoms with Gasteiger partial charge < -0.3 is 15.2 Å². The maximum Gasteiger partial charge on any atom is 0.0900 e. The topological polar surface area (TPSA) is 44.7 Å². The smallest absolute Gasteiger partial charge is 0.0900 e. The lowest BCUT2D eigenvalue weighted by molar-refractivity contribution is 0.0237. The molecule has 0 spiro atoms. The maximum absolute atomic E-state index is 9.53. The Balaban J connectivity index is 2.25. The van der Waals surface area contributed by atoms with E-state index in [4.69, 9.17) is 4.74 Å². The molecule has 0 amide bonds. The number of rotatable bonds is 4. The molecule has 0 radical (unpaired) electrons. The molecule has 1 aliphatic rings. The Morgan fingerprint density at radius 3 is 3.08 bits per heavy atom. The van der Waals surface area contributed by atoms with Crippen molar-refractivity contribution in [2.45, 2.75) is 19.1 Å². The molecule has 1 rings (SSSR count). The van der Waals surface area contributed by atoms with Crippen LogP contribution in [0.15, 0.2) is 0 Å². The highest BCUT2D eigenvalue weighted by atomic mass is 16.5. The summed E-state index contributed by atoms with van der Waals surface area (Å²) < 4.78 is 4.89. The number of β-amino-alcohol motifs (C(OH)–C–C–N with tert-alkyl or cyclic N) is 1. The summed E-state index contributed by atoms with van der Waals surface area (Å²) in [5.74, 6) is 0. The van der Waals surface area contributed by atoms with Gasteiger partial charge in [0, 0.05) is 39.3 Å². The van der Waals surface area contributed by atoms with Gasteiger partial charge in [-0.15, -0.1) is 0 Å². The van der Waals surface area contributed by atoms with Crippen LogP contribution < -0.4 is 5.32 Å². The van der Waals surface area contributed by atoms with Gasteiger partial charge >= 0.3 is 0 Å². The molecule has 0 aromatic rings. The van der Waals surface area contributed by atoms with Gasteiger partial charge in [0.1, 0.15) is 0 Å². The molecule has 0 aliphatic carbocycles. The summed E-state index contributed by atoms with van der Waals surface area (Å²) in [6.45, 7) is 6.37. The van der Waals surface area contributed by atoms with E-state index in [1.807, 2.05) is 0 Å². The number of methoxy groups -OCH3 is 1. The fourth-order valence-electron chi connectivity index (χ4n) is 1.67. The molecule has 1 aliphatic heterocycles. The Bertz CT molecular complexity index is 144. The van der Waals surface area contributed by atoms with Crippen molar-refractivity contribution in [2.75, 3.05) is 39.9 Å². The van der Waals surface area contributed by atoms with E-state index in [2.05, 4.69) is 17.1 Å². The van der Waals surface area contributed by atoms with E-state index >= 15 is 0 Å². The highest BCUT2D eigenvalue weighted by molar-refractivity contribution is 4.77. The van der Waals surface area contributed by atoms with Crippen molar-refractivity contribution in [3.63, 3.8) is 0 Å². The third-order valence-corrected chi connectivity index (χ3v) is 2.44. The van der Waals surface area contributed by atoms with Crippen molar-refractivity contribution in [2.24, 2.45) is 0 Å². The molecule has 0 bridgehead atoms. The van der Waals surface area contributed by atoms with Crippen LogP contribution in [0.5, 0.6) is 0 Å². The minimum absolute atomic E-state index is 0.356. The first kappa shape index (κ1) is 10.9. The van der Waals surface area contributed by atoms with Crippen LogP contribution in [0, 0.1) is 0 Å². The number of aliphatic hydroxyl groups is 1. The highest BCUT2D eigenvalue weighted by Crippen LogP contribution is 2.03. The van der Waals surface area contributed by atoms with Crippen molar-refractivity contribution in [1.29, 1.82) is 0 Å². The van der Waals surface area contributed by atoms with Crippen LogP contribution in [-0.4, -0.2) is 62.0 Å². The molecule has 1 fully saturated rings. The van der Waals surface area contributed by atoms with Crippen LogP contribution in [0.3, 0.4) is 0 Å². The predicted molar refractivity (Wildman–Crippen MR) is 51.8 cm³/mol. The van der Waals surface area contributed by atoms with Crippen molar-refractivity contribution in [1.82, 2.24) is 10.2 Å². The molecule has 1 heterocycles. The van der Waals surface area contributed by atoms with Crippen LogP contribution >= 0.6 is 0 Å². The van der Waals surface area contributed by atoms with Gasteiger partial charge in [-0.3, -0.25) is 4.90 Å². The Labute approximate surface area is 79.9 Å². The molecule has 0 saturated carbocycles. The van der Waals surface area contributed by atoms with Gasteiger partial charge in [-0.25, -0.2) is 0 Å². The van der Waals surface area contributed by atoms with Crippen LogP contribution in [-0.2, 0) is 4.74 Å². The molecule has 0 aromatic carbocycles. The van der Waals surface area contributed by atoms with Gasteiger partial charge in [0.2, 0.25) is 0 Å². The van der Waals surface area contributed by atoms with Crippen molar-refractivity contribution in [3.05, 3.63) is 0 Å². The molecular weight excluding hydrogens is 168 g/mol. The summed E-state index contributed by atoms with van der Waals surface area (Å²) in [7, 11) is 1.62. The van der Waals surface area contributed by atoms with Gasteiger partial charge in [-0.1, -0.05) is 0 Å². The largest absolute Gasteiger partial charge is 0.389 e. The molecular formula is C9H20N2O2. The van der Waals surface area contributed by atoms with E-state index in [1.165, 1.54) is 0 Å². The van der Waals surface area contributed by atoms with E-state index in [0.29, 0.717) is 12.6 Å². The molecule has 1 saturated heterocycles. The summed E-state index contributed by atoms with van der Waals surface area (Å²) in [4.78, 5) is 2.29. The Kier molecular flexibility index (Phi) is 4.66. The normalized spacial score (nSPS) is 27.5. The van der Waals surface area contributed by atoms with E-state index in [1.54, 1.807) is 7.11 Å². The molecule has 4 nitrogen and oxygen atoms in total. The monoisotopic (exact) mass is 188 g/mol. The maximum atomic E-state index is 9.53. The van der Waals surface area contributed by atoms with E-state index in [-0.39, 0.29) is 6.10 Å². The summed E-state index contributed by atoms with van der Waals surface area (Å²) in [5.41, 5.74) is 0. The zero-order valence-corrected chi connectivity index (χ0v) is 8.49. The van der Waals surface area contributed by atoms with Gasteiger partial charge in [-0.2, -0.15) is 0 Å². The SMILES string of the molecule is COCC(O)CN1CCNC[C@H]1C. The lowest BCUT2D eigenvalue weighted by atomic mass is 10.2. The molecule has 13 heavy (non-hydrogen) atoms. The highest BCUT2D eigenvalue weighted by Gasteiger charge is 2.19. The number of piperazine rings is 1. The van der Waals surface area contributed by atoms with Crippen molar-refractivity contribution in [3.8, 4) is 0 Å². The van der Waals surface area contributed by atoms with Crippen LogP contribution in [0.2, 0.25) is 0 Å². The Morgan fingerprint density at radius 2 is 2.46 bits per heavy atom. The number of hydrogen-bond donors (Lipinski definition) is 2. The Morgan fingerprint density at radius 1 is 1.69 bits per heavy atom. The quantitative estimate of drug-likeness (QED) is 0.611. The zero-order chi connectivity index (χ0) is 9.68. The molecule has 78 valence electrons. The third-order valence-electron chi connectivity index (χ3n) is 2.44. The zero-order valence-electron chi connectivity index (χ0n) is 8.49. The second-order valence-corrected chi connectivity index (χ2v) is 3.66. The number of nitrogens with zero attached hydrogens (tertiary/aromatic N) is 1. The summed E-state index contributed by atoms with van der Waals surface area (Å²) >= 11 is 0. The second-order valence-electron chi connectivity index (χ2n) is 3.66. The standard InChI is InChI=1S/C9H20N2O2/c1-8-5-10-3-4-11(8)6-9(12)7-13-2/h8-10,12H,3-7H2,1-2H3/t8-,9?/m1/s1. The number of hydrogen-bond acceptors (Lipinski definition) is 4.